The number of nitrogens with zero attached hydrogens (tertiary/aromatic N) is 1. The van der Waals surface area contributed by atoms with Crippen molar-refractivity contribution in [1.29, 1.82) is 0 Å². The van der Waals surface area contributed by atoms with Gasteiger partial charge in [-0.15, -0.1) is 0 Å². The number of hydrogen-bond donors (Lipinski definition) is 0. The largest absolute Gasteiger partial charge is 0.383 e. The summed E-state index contributed by atoms with van der Waals surface area (Å²) in [5.74, 6) is 0.916. The summed E-state index contributed by atoms with van der Waals surface area (Å²) >= 11 is 0. The lowest BCUT2D eigenvalue weighted by atomic mass is 9.86. The summed E-state index contributed by atoms with van der Waals surface area (Å²) in [4.78, 5) is 13.4. The van der Waals surface area contributed by atoms with E-state index in [0.29, 0.717) is 11.7 Å². The second-order valence-corrected chi connectivity index (χ2v) is 3.89. The van der Waals surface area contributed by atoms with Crippen LogP contribution in [-0.2, 0) is 4.79 Å². The van der Waals surface area contributed by atoms with E-state index in [0.717, 1.165) is 24.8 Å². The molecule has 0 bridgehead atoms. The molecule has 1 aliphatic carbocycles. The molecule has 68 valence electrons. The monoisotopic (exact) mass is 167 g/mol. The molecule has 0 amide bonds. The molecule has 0 aromatic carbocycles. The van der Waals surface area contributed by atoms with Gasteiger partial charge in [-0.25, -0.2) is 0 Å². The Kier molecular flexibility index (Phi) is 2.90. The molecule has 0 spiro atoms. The van der Waals surface area contributed by atoms with Crippen LogP contribution in [0, 0.1) is 5.92 Å². The molecule has 1 fully saturated rings. The zero-order chi connectivity index (χ0) is 9.14. The normalized spacial score (nSPS) is 27.8. The van der Waals surface area contributed by atoms with Crippen molar-refractivity contribution in [2.45, 2.75) is 26.2 Å². The summed E-state index contributed by atoms with van der Waals surface area (Å²) in [6.45, 7) is 2.14. The first-order chi connectivity index (χ1) is 5.59. The number of hydrogen-bond acceptors (Lipinski definition) is 2. The summed E-state index contributed by atoms with van der Waals surface area (Å²) in [6.07, 6.45) is 4.80. The van der Waals surface area contributed by atoms with Crippen molar-refractivity contribution in [1.82, 2.24) is 4.90 Å². The quantitative estimate of drug-likeness (QED) is 0.555. The Morgan fingerprint density at radius 2 is 2.17 bits per heavy atom. The molecule has 0 aromatic rings. The summed E-state index contributed by atoms with van der Waals surface area (Å²) in [6, 6.07) is 0. The second kappa shape index (κ2) is 3.74. The maximum absolute atomic E-state index is 11.4. The first kappa shape index (κ1) is 9.30. The fourth-order valence-electron chi connectivity index (χ4n) is 1.54. The van der Waals surface area contributed by atoms with Crippen LogP contribution in [-0.4, -0.2) is 24.8 Å². The molecule has 1 unspecified atom stereocenters. The van der Waals surface area contributed by atoms with Gasteiger partial charge < -0.3 is 4.90 Å². The highest BCUT2D eigenvalue weighted by molar-refractivity contribution is 5.96. The summed E-state index contributed by atoms with van der Waals surface area (Å²) in [5.41, 5.74) is 0.998. The Morgan fingerprint density at radius 1 is 1.50 bits per heavy atom. The van der Waals surface area contributed by atoms with Crippen LogP contribution in [0.1, 0.15) is 26.2 Å². The van der Waals surface area contributed by atoms with Crippen LogP contribution in [0.5, 0.6) is 0 Å². The fourth-order valence-corrected chi connectivity index (χ4v) is 1.54. The van der Waals surface area contributed by atoms with E-state index in [9.17, 15) is 4.79 Å². The van der Waals surface area contributed by atoms with Crippen molar-refractivity contribution >= 4 is 5.78 Å². The standard InChI is InChI=1S/C10H17NO/c1-8-4-5-9(7-11(2)3)10(12)6-8/h7-8H,4-6H2,1-3H3/b9-7-. The zero-order valence-corrected chi connectivity index (χ0v) is 8.13. The van der Waals surface area contributed by atoms with Gasteiger partial charge in [0, 0.05) is 32.3 Å². The molecule has 1 saturated carbocycles. The van der Waals surface area contributed by atoms with Crippen LogP contribution in [0.25, 0.3) is 0 Å². The molecule has 0 heterocycles. The van der Waals surface area contributed by atoms with Crippen LogP contribution >= 0.6 is 0 Å². The van der Waals surface area contributed by atoms with E-state index in [-0.39, 0.29) is 0 Å². The van der Waals surface area contributed by atoms with Crippen molar-refractivity contribution in [3.63, 3.8) is 0 Å². The van der Waals surface area contributed by atoms with Gasteiger partial charge in [0.2, 0.25) is 0 Å². The summed E-state index contributed by atoms with van der Waals surface area (Å²) in [7, 11) is 3.91. The highest BCUT2D eigenvalue weighted by Gasteiger charge is 2.20. The Morgan fingerprint density at radius 3 is 2.67 bits per heavy atom. The van der Waals surface area contributed by atoms with Crippen LogP contribution in [0.4, 0.5) is 0 Å². The average Bonchev–Trinajstić information content (AvgIpc) is 1.94. The number of ketones is 1. The van der Waals surface area contributed by atoms with Gasteiger partial charge in [0.25, 0.3) is 0 Å². The van der Waals surface area contributed by atoms with Gasteiger partial charge in [0.05, 0.1) is 0 Å². The minimum Gasteiger partial charge on any atom is -0.383 e. The van der Waals surface area contributed by atoms with E-state index in [2.05, 4.69) is 6.92 Å². The average molecular weight is 167 g/mol. The number of carbonyl (C=O) groups is 1. The molecular formula is C10H17NO. The molecule has 2 heteroatoms. The summed E-state index contributed by atoms with van der Waals surface area (Å²) < 4.78 is 0. The molecule has 1 rings (SSSR count). The van der Waals surface area contributed by atoms with Crippen LogP contribution in [0.2, 0.25) is 0 Å². The molecule has 1 aliphatic rings. The maximum atomic E-state index is 11.4. The molecular weight excluding hydrogens is 150 g/mol. The molecule has 2 nitrogen and oxygen atoms in total. The van der Waals surface area contributed by atoms with E-state index < -0.39 is 0 Å². The number of allylic oxidation sites excluding steroid dienone is 1. The Bertz CT molecular complexity index is 206. The SMILES string of the molecule is CC1CC/C(=C/N(C)C)C(=O)C1. The van der Waals surface area contributed by atoms with E-state index in [1.165, 1.54) is 0 Å². The smallest absolute Gasteiger partial charge is 0.160 e. The van der Waals surface area contributed by atoms with E-state index in [4.69, 9.17) is 0 Å². The predicted octanol–water partition coefficient (Wildman–Crippen LogP) is 1.82. The maximum Gasteiger partial charge on any atom is 0.160 e. The molecule has 0 aromatic heterocycles. The van der Waals surface area contributed by atoms with Crippen molar-refractivity contribution in [3.05, 3.63) is 11.8 Å². The number of carbonyl (C=O) groups excluding carboxylic acids is 1. The van der Waals surface area contributed by atoms with Crippen molar-refractivity contribution in [2.75, 3.05) is 14.1 Å². The number of Topliss-reactive ketones (excluding diaryl/α,β-unsaturated/α-hetero) is 1. The molecule has 12 heavy (non-hydrogen) atoms. The zero-order valence-electron chi connectivity index (χ0n) is 8.13. The third-order valence-corrected chi connectivity index (χ3v) is 2.21. The molecule has 0 aliphatic heterocycles. The lowest BCUT2D eigenvalue weighted by Gasteiger charge is -2.20. The fraction of sp³-hybridized carbons (Fsp3) is 0.700. The highest BCUT2D eigenvalue weighted by Crippen LogP contribution is 2.24. The third-order valence-electron chi connectivity index (χ3n) is 2.21. The van der Waals surface area contributed by atoms with Crippen molar-refractivity contribution in [2.24, 2.45) is 5.92 Å². The van der Waals surface area contributed by atoms with Gasteiger partial charge >= 0.3 is 0 Å². The van der Waals surface area contributed by atoms with Gasteiger partial charge in [-0.05, 0) is 18.8 Å². The summed E-state index contributed by atoms with van der Waals surface area (Å²) in [5, 5.41) is 0. The molecule has 0 radical (unpaired) electrons. The Labute approximate surface area is 74.2 Å². The van der Waals surface area contributed by atoms with Crippen LogP contribution in [0.3, 0.4) is 0 Å². The molecule has 0 saturated heterocycles. The van der Waals surface area contributed by atoms with Crippen LogP contribution < -0.4 is 0 Å². The highest BCUT2D eigenvalue weighted by atomic mass is 16.1. The minimum atomic E-state index is 0.336. The first-order valence-corrected chi connectivity index (χ1v) is 4.50. The van der Waals surface area contributed by atoms with Gasteiger partial charge in [-0.1, -0.05) is 6.92 Å². The Balaban J connectivity index is 2.62. The van der Waals surface area contributed by atoms with E-state index >= 15 is 0 Å². The van der Waals surface area contributed by atoms with Crippen molar-refractivity contribution < 1.29 is 4.79 Å². The minimum absolute atomic E-state index is 0.336. The lowest BCUT2D eigenvalue weighted by Crippen LogP contribution is -2.17. The predicted molar refractivity (Wildman–Crippen MR) is 49.8 cm³/mol. The van der Waals surface area contributed by atoms with Crippen LogP contribution in [0.15, 0.2) is 11.8 Å². The van der Waals surface area contributed by atoms with Crippen molar-refractivity contribution in [3.8, 4) is 0 Å². The topological polar surface area (TPSA) is 20.3 Å². The van der Waals surface area contributed by atoms with Gasteiger partial charge in [0.1, 0.15) is 0 Å². The van der Waals surface area contributed by atoms with Gasteiger partial charge in [-0.2, -0.15) is 0 Å². The molecule has 0 N–H and O–H groups in total. The second-order valence-electron chi connectivity index (χ2n) is 3.89. The lowest BCUT2D eigenvalue weighted by molar-refractivity contribution is -0.117. The first-order valence-electron chi connectivity index (χ1n) is 4.50. The van der Waals surface area contributed by atoms with E-state index in [1.807, 2.05) is 25.2 Å². The van der Waals surface area contributed by atoms with Gasteiger partial charge in [-0.3, -0.25) is 4.79 Å². The van der Waals surface area contributed by atoms with E-state index in [1.54, 1.807) is 0 Å². The number of rotatable bonds is 1. The Hall–Kier alpha value is -0.790. The molecule has 1 atom stereocenters. The van der Waals surface area contributed by atoms with Gasteiger partial charge in [0.15, 0.2) is 5.78 Å². The third kappa shape index (κ3) is 2.36.